The smallest absolute Gasteiger partial charge is 0.330 e. The van der Waals surface area contributed by atoms with Crippen LogP contribution in [-0.2, 0) is 16.1 Å². The maximum absolute atomic E-state index is 12.9. The summed E-state index contributed by atoms with van der Waals surface area (Å²) in [6.45, 7) is 9.19. The summed E-state index contributed by atoms with van der Waals surface area (Å²) in [5.41, 5.74) is 5.05. The predicted molar refractivity (Wildman–Crippen MR) is 141 cm³/mol. The van der Waals surface area contributed by atoms with E-state index in [0.29, 0.717) is 19.6 Å². The van der Waals surface area contributed by atoms with Crippen molar-refractivity contribution in [3.8, 4) is 0 Å². The van der Waals surface area contributed by atoms with Gasteiger partial charge in [-0.2, -0.15) is 0 Å². The molecule has 0 unspecified atom stereocenters. The van der Waals surface area contributed by atoms with Crippen molar-refractivity contribution in [1.29, 1.82) is 0 Å². The summed E-state index contributed by atoms with van der Waals surface area (Å²) in [7, 11) is 0. The van der Waals surface area contributed by atoms with Crippen LogP contribution in [-0.4, -0.2) is 22.9 Å². The molecule has 0 atom stereocenters. The number of nitrogens with zero attached hydrogens (tertiary/aromatic N) is 1. The Morgan fingerprint density at radius 2 is 1.62 bits per heavy atom. The van der Waals surface area contributed by atoms with Crippen molar-refractivity contribution in [2.24, 2.45) is 0 Å². The molecular formula is C30H43NO3. The summed E-state index contributed by atoms with van der Waals surface area (Å²) in [6, 6.07) is 8.09. The van der Waals surface area contributed by atoms with Gasteiger partial charge in [0.15, 0.2) is 5.78 Å². The van der Waals surface area contributed by atoms with Gasteiger partial charge < -0.3 is 9.30 Å². The molecule has 4 nitrogen and oxygen atoms in total. The molecule has 0 amide bonds. The fraction of sp³-hybridized carbons (Fsp3) is 0.533. The lowest BCUT2D eigenvalue weighted by Gasteiger charge is -2.09. The van der Waals surface area contributed by atoms with Crippen LogP contribution in [0.1, 0.15) is 111 Å². The van der Waals surface area contributed by atoms with E-state index >= 15 is 0 Å². The third-order valence-electron chi connectivity index (χ3n) is 6.33. The normalized spacial score (nSPS) is 11.3. The summed E-state index contributed by atoms with van der Waals surface area (Å²) >= 11 is 0. The second-order valence-electron chi connectivity index (χ2n) is 9.23. The molecule has 2 aromatic rings. The average Bonchev–Trinajstić information content (AvgIpc) is 3.09. The van der Waals surface area contributed by atoms with E-state index in [1.54, 1.807) is 13.0 Å². The molecule has 1 aromatic carbocycles. The van der Waals surface area contributed by atoms with E-state index in [-0.39, 0.29) is 11.8 Å². The number of hydrogen-bond acceptors (Lipinski definition) is 3. The number of unbranched alkanes of at least 4 members (excludes halogenated alkanes) is 8. The lowest BCUT2D eigenvalue weighted by atomic mass is 10.0. The van der Waals surface area contributed by atoms with Crippen LogP contribution in [0.3, 0.4) is 0 Å². The van der Waals surface area contributed by atoms with Gasteiger partial charge in [0.2, 0.25) is 0 Å². The van der Waals surface area contributed by atoms with E-state index in [9.17, 15) is 9.59 Å². The van der Waals surface area contributed by atoms with Crippen molar-refractivity contribution in [3.63, 3.8) is 0 Å². The zero-order chi connectivity index (χ0) is 24.8. The molecule has 0 saturated heterocycles. The molecule has 0 aliphatic heterocycles. The zero-order valence-corrected chi connectivity index (χ0v) is 21.7. The number of carbonyl (C=O) groups is 2. The predicted octanol–water partition coefficient (Wildman–Crippen LogP) is 7.83. The first-order chi connectivity index (χ1) is 16.5. The molecule has 0 spiro atoms. The fourth-order valence-electron chi connectivity index (χ4n) is 4.48. The van der Waals surface area contributed by atoms with Crippen molar-refractivity contribution < 1.29 is 14.3 Å². The number of aryl methyl sites for hydroxylation is 1. The first-order valence-corrected chi connectivity index (χ1v) is 13.1. The van der Waals surface area contributed by atoms with Crippen LogP contribution in [0.25, 0.3) is 6.08 Å². The molecule has 2 rings (SSSR count). The molecule has 0 fully saturated rings. The van der Waals surface area contributed by atoms with Gasteiger partial charge in [-0.1, -0.05) is 76.5 Å². The number of Topliss-reactive ketones (excluding diaryl/α,β-unsaturated/α-hetero) is 1. The van der Waals surface area contributed by atoms with E-state index in [0.717, 1.165) is 40.8 Å². The minimum Gasteiger partial charge on any atom is -0.463 e. The SMILES string of the molecule is CCCCCCCCCCCC(=O)c1c(C)cn(Cc2cccc(/C=C/C(=O)OCC)c2)c1C. The highest BCUT2D eigenvalue weighted by Crippen LogP contribution is 2.22. The standard InChI is InChI=1S/C30H43NO3/c1-5-7-8-9-10-11-12-13-14-18-28(32)30-24(3)22-31(25(30)4)23-27-17-15-16-26(21-27)19-20-29(33)34-6-2/h15-17,19-22H,5-14,18,23H2,1-4H3/b20-19+. The largest absolute Gasteiger partial charge is 0.463 e. The highest BCUT2D eigenvalue weighted by atomic mass is 16.5. The zero-order valence-electron chi connectivity index (χ0n) is 21.7. The number of carbonyl (C=O) groups excluding carboxylic acids is 2. The summed E-state index contributed by atoms with van der Waals surface area (Å²) in [5.74, 6) is -0.0669. The molecule has 0 saturated carbocycles. The molecule has 0 aliphatic rings. The monoisotopic (exact) mass is 465 g/mol. The van der Waals surface area contributed by atoms with Crippen LogP contribution >= 0.6 is 0 Å². The quantitative estimate of drug-likeness (QED) is 0.110. The topological polar surface area (TPSA) is 48.3 Å². The van der Waals surface area contributed by atoms with E-state index < -0.39 is 0 Å². The van der Waals surface area contributed by atoms with Crippen molar-refractivity contribution >= 4 is 17.8 Å². The number of aromatic nitrogens is 1. The molecule has 0 aliphatic carbocycles. The Bertz CT molecular complexity index is 939. The minimum atomic E-state index is -0.333. The van der Waals surface area contributed by atoms with E-state index in [4.69, 9.17) is 4.74 Å². The van der Waals surface area contributed by atoms with Crippen LogP contribution in [0.2, 0.25) is 0 Å². The number of ketones is 1. The summed E-state index contributed by atoms with van der Waals surface area (Å²) in [5, 5.41) is 0. The van der Waals surface area contributed by atoms with Crippen molar-refractivity contribution in [1.82, 2.24) is 4.57 Å². The lowest BCUT2D eigenvalue weighted by Crippen LogP contribution is -2.05. The van der Waals surface area contributed by atoms with Crippen LogP contribution in [0.5, 0.6) is 0 Å². The Morgan fingerprint density at radius 1 is 0.941 bits per heavy atom. The maximum atomic E-state index is 12.9. The third-order valence-corrected chi connectivity index (χ3v) is 6.33. The van der Waals surface area contributed by atoms with Gasteiger partial charge in [-0.15, -0.1) is 0 Å². The van der Waals surface area contributed by atoms with Crippen LogP contribution in [0.4, 0.5) is 0 Å². The number of benzene rings is 1. The summed E-state index contributed by atoms with van der Waals surface area (Å²) in [4.78, 5) is 24.5. The lowest BCUT2D eigenvalue weighted by molar-refractivity contribution is -0.137. The van der Waals surface area contributed by atoms with Gasteiger partial charge in [0.1, 0.15) is 0 Å². The summed E-state index contributed by atoms with van der Waals surface area (Å²) < 4.78 is 7.11. The van der Waals surface area contributed by atoms with E-state index in [2.05, 4.69) is 29.8 Å². The summed E-state index contributed by atoms with van der Waals surface area (Å²) in [6.07, 6.45) is 17.3. The Hall–Kier alpha value is -2.62. The Balaban J connectivity index is 1.88. The maximum Gasteiger partial charge on any atom is 0.330 e. The molecule has 4 heteroatoms. The Kier molecular flexibility index (Phi) is 12.4. The molecule has 1 aromatic heterocycles. The Labute approximate surface area is 206 Å². The molecule has 186 valence electrons. The van der Waals surface area contributed by atoms with Gasteiger partial charge in [0.25, 0.3) is 0 Å². The van der Waals surface area contributed by atoms with E-state index in [1.165, 1.54) is 51.0 Å². The van der Waals surface area contributed by atoms with Gasteiger partial charge in [-0.3, -0.25) is 4.79 Å². The second-order valence-corrected chi connectivity index (χ2v) is 9.23. The molecule has 1 heterocycles. The molecule has 0 radical (unpaired) electrons. The third kappa shape index (κ3) is 9.32. The van der Waals surface area contributed by atoms with E-state index in [1.807, 2.05) is 26.0 Å². The molecule has 0 N–H and O–H groups in total. The van der Waals surface area contributed by atoms with Gasteiger partial charge in [0.05, 0.1) is 6.61 Å². The number of hydrogen-bond donors (Lipinski definition) is 0. The van der Waals surface area contributed by atoms with Gasteiger partial charge in [0, 0.05) is 36.5 Å². The van der Waals surface area contributed by atoms with Crippen molar-refractivity contribution in [2.75, 3.05) is 6.61 Å². The highest BCUT2D eigenvalue weighted by Gasteiger charge is 2.16. The van der Waals surface area contributed by atoms with Gasteiger partial charge >= 0.3 is 5.97 Å². The van der Waals surface area contributed by atoms with Crippen LogP contribution in [0.15, 0.2) is 36.5 Å². The second kappa shape index (κ2) is 15.3. The van der Waals surface area contributed by atoms with Gasteiger partial charge in [-0.25, -0.2) is 4.79 Å². The van der Waals surface area contributed by atoms with Crippen molar-refractivity contribution in [3.05, 3.63) is 64.5 Å². The van der Waals surface area contributed by atoms with Crippen molar-refractivity contribution in [2.45, 2.75) is 98.4 Å². The Morgan fingerprint density at radius 3 is 2.29 bits per heavy atom. The molecule has 0 bridgehead atoms. The van der Waals surface area contributed by atoms with Crippen LogP contribution in [0, 0.1) is 13.8 Å². The average molecular weight is 466 g/mol. The highest BCUT2D eigenvalue weighted by molar-refractivity contribution is 5.98. The van der Waals surface area contributed by atoms with Crippen LogP contribution < -0.4 is 0 Å². The first kappa shape index (κ1) is 27.6. The first-order valence-electron chi connectivity index (χ1n) is 13.1. The number of ether oxygens (including phenoxy) is 1. The molecule has 34 heavy (non-hydrogen) atoms. The fourth-order valence-corrected chi connectivity index (χ4v) is 4.48. The minimum absolute atomic E-state index is 0.266. The number of rotatable bonds is 16. The molecular weight excluding hydrogens is 422 g/mol. The number of esters is 1. The van der Waals surface area contributed by atoms with Gasteiger partial charge in [-0.05, 0) is 56.0 Å².